The zero-order valence-corrected chi connectivity index (χ0v) is 10.2. The van der Waals surface area contributed by atoms with E-state index in [9.17, 15) is 4.79 Å². The zero-order chi connectivity index (χ0) is 11.8. The minimum atomic E-state index is 0.0170. The second-order valence-electron chi connectivity index (χ2n) is 3.58. The highest BCUT2D eigenvalue weighted by Gasteiger charge is 1.99. The van der Waals surface area contributed by atoms with Gasteiger partial charge in [-0.05, 0) is 30.7 Å². The third-order valence-electron chi connectivity index (χ3n) is 2.12. The van der Waals surface area contributed by atoms with E-state index in [4.69, 9.17) is 11.6 Å². The van der Waals surface area contributed by atoms with Gasteiger partial charge in [-0.2, -0.15) is 0 Å². The molecular weight excluding hydrogens is 224 g/mol. The number of carbonyl (C=O) groups excluding carboxylic acids is 1. The summed E-state index contributed by atoms with van der Waals surface area (Å²) in [6.07, 6.45) is 1.03. The predicted molar refractivity (Wildman–Crippen MR) is 66.5 cm³/mol. The number of amides is 1. The Morgan fingerprint density at radius 3 is 2.62 bits per heavy atom. The molecule has 16 heavy (non-hydrogen) atoms. The van der Waals surface area contributed by atoms with Crippen molar-refractivity contribution in [1.82, 2.24) is 10.6 Å². The minimum Gasteiger partial charge on any atom is -0.351 e. The first-order valence-corrected chi connectivity index (χ1v) is 5.82. The first kappa shape index (κ1) is 13.0. The van der Waals surface area contributed by atoms with E-state index in [1.165, 1.54) is 0 Å². The van der Waals surface area contributed by atoms with Gasteiger partial charge in [-0.15, -0.1) is 0 Å². The molecule has 88 valence electrons. The van der Waals surface area contributed by atoms with Crippen LogP contribution in [-0.4, -0.2) is 19.0 Å². The molecule has 0 saturated heterocycles. The van der Waals surface area contributed by atoms with Crippen LogP contribution in [0.5, 0.6) is 0 Å². The number of nitrogens with one attached hydrogen (secondary N) is 2. The van der Waals surface area contributed by atoms with Gasteiger partial charge in [0.05, 0.1) is 6.54 Å². The monoisotopic (exact) mass is 240 g/mol. The SMILES string of the molecule is CCCNCC(=O)NCc1ccc(Cl)cc1. The van der Waals surface area contributed by atoms with Crippen LogP contribution in [0.15, 0.2) is 24.3 Å². The van der Waals surface area contributed by atoms with Crippen LogP contribution in [-0.2, 0) is 11.3 Å². The Morgan fingerprint density at radius 2 is 2.00 bits per heavy atom. The standard InChI is InChI=1S/C12H17ClN2O/c1-2-7-14-9-12(16)15-8-10-3-5-11(13)6-4-10/h3-6,14H,2,7-9H2,1H3,(H,15,16). The molecule has 0 fully saturated rings. The molecule has 1 amide bonds. The Kier molecular flexibility index (Phi) is 5.90. The van der Waals surface area contributed by atoms with E-state index in [2.05, 4.69) is 17.6 Å². The van der Waals surface area contributed by atoms with Crippen molar-refractivity contribution in [3.63, 3.8) is 0 Å². The van der Waals surface area contributed by atoms with E-state index in [-0.39, 0.29) is 5.91 Å². The van der Waals surface area contributed by atoms with Gasteiger partial charge in [0, 0.05) is 11.6 Å². The van der Waals surface area contributed by atoms with E-state index in [1.807, 2.05) is 24.3 Å². The second kappa shape index (κ2) is 7.25. The van der Waals surface area contributed by atoms with Crippen LogP contribution in [0.25, 0.3) is 0 Å². The van der Waals surface area contributed by atoms with Gasteiger partial charge >= 0.3 is 0 Å². The Balaban J connectivity index is 2.23. The van der Waals surface area contributed by atoms with Crippen LogP contribution >= 0.6 is 11.6 Å². The van der Waals surface area contributed by atoms with E-state index >= 15 is 0 Å². The molecule has 1 aromatic rings. The summed E-state index contributed by atoms with van der Waals surface area (Å²) >= 11 is 5.76. The molecule has 0 spiro atoms. The maximum atomic E-state index is 11.4. The van der Waals surface area contributed by atoms with Gasteiger partial charge in [-0.25, -0.2) is 0 Å². The fourth-order valence-corrected chi connectivity index (χ4v) is 1.37. The van der Waals surface area contributed by atoms with Gasteiger partial charge in [0.1, 0.15) is 0 Å². The van der Waals surface area contributed by atoms with Crippen molar-refractivity contribution in [2.75, 3.05) is 13.1 Å². The summed E-state index contributed by atoms with van der Waals surface area (Å²) in [7, 11) is 0. The lowest BCUT2D eigenvalue weighted by Gasteiger charge is -2.06. The van der Waals surface area contributed by atoms with E-state index < -0.39 is 0 Å². The van der Waals surface area contributed by atoms with Crippen molar-refractivity contribution in [3.8, 4) is 0 Å². The Labute approximate surface area is 101 Å². The summed E-state index contributed by atoms with van der Waals surface area (Å²) in [5.74, 6) is 0.0170. The highest BCUT2D eigenvalue weighted by Crippen LogP contribution is 2.08. The molecule has 2 N–H and O–H groups in total. The maximum absolute atomic E-state index is 11.4. The van der Waals surface area contributed by atoms with Crippen molar-refractivity contribution >= 4 is 17.5 Å². The Hall–Kier alpha value is -1.06. The molecule has 0 aliphatic carbocycles. The Morgan fingerprint density at radius 1 is 1.31 bits per heavy atom. The summed E-state index contributed by atoms with van der Waals surface area (Å²) < 4.78 is 0. The lowest BCUT2D eigenvalue weighted by atomic mass is 10.2. The van der Waals surface area contributed by atoms with Crippen LogP contribution in [0.2, 0.25) is 5.02 Å². The van der Waals surface area contributed by atoms with E-state index in [0.717, 1.165) is 18.5 Å². The zero-order valence-electron chi connectivity index (χ0n) is 9.42. The smallest absolute Gasteiger partial charge is 0.234 e. The quantitative estimate of drug-likeness (QED) is 0.747. The van der Waals surface area contributed by atoms with Crippen molar-refractivity contribution in [3.05, 3.63) is 34.9 Å². The van der Waals surface area contributed by atoms with Crippen LogP contribution in [0.1, 0.15) is 18.9 Å². The van der Waals surface area contributed by atoms with Crippen molar-refractivity contribution < 1.29 is 4.79 Å². The highest BCUT2D eigenvalue weighted by molar-refractivity contribution is 6.30. The molecule has 1 rings (SSSR count). The summed E-state index contributed by atoms with van der Waals surface area (Å²) in [4.78, 5) is 11.4. The second-order valence-corrected chi connectivity index (χ2v) is 4.02. The number of hydrogen-bond donors (Lipinski definition) is 2. The maximum Gasteiger partial charge on any atom is 0.234 e. The van der Waals surface area contributed by atoms with Crippen LogP contribution in [0, 0.1) is 0 Å². The van der Waals surface area contributed by atoms with Crippen molar-refractivity contribution in [1.29, 1.82) is 0 Å². The van der Waals surface area contributed by atoms with Crippen LogP contribution in [0.3, 0.4) is 0 Å². The first-order chi connectivity index (χ1) is 7.72. The molecule has 0 aliphatic rings. The van der Waals surface area contributed by atoms with Gasteiger partial charge < -0.3 is 10.6 Å². The van der Waals surface area contributed by atoms with E-state index in [0.29, 0.717) is 18.1 Å². The van der Waals surface area contributed by atoms with Gasteiger partial charge in [0.25, 0.3) is 0 Å². The molecule has 0 aliphatic heterocycles. The molecule has 0 radical (unpaired) electrons. The largest absolute Gasteiger partial charge is 0.351 e. The van der Waals surface area contributed by atoms with E-state index in [1.54, 1.807) is 0 Å². The summed E-state index contributed by atoms with van der Waals surface area (Å²) in [6, 6.07) is 7.45. The van der Waals surface area contributed by atoms with Gasteiger partial charge in [-0.1, -0.05) is 30.7 Å². The van der Waals surface area contributed by atoms with Gasteiger partial charge in [0.2, 0.25) is 5.91 Å². The summed E-state index contributed by atoms with van der Waals surface area (Å²) in [6.45, 7) is 3.86. The third kappa shape index (κ3) is 5.14. The number of halogens is 1. The third-order valence-corrected chi connectivity index (χ3v) is 2.37. The molecule has 0 unspecified atom stereocenters. The summed E-state index contributed by atoms with van der Waals surface area (Å²) in [5, 5.41) is 6.59. The first-order valence-electron chi connectivity index (χ1n) is 5.44. The number of hydrogen-bond acceptors (Lipinski definition) is 2. The molecule has 3 nitrogen and oxygen atoms in total. The molecular formula is C12H17ClN2O. The lowest BCUT2D eigenvalue weighted by Crippen LogP contribution is -2.33. The molecule has 4 heteroatoms. The topological polar surface area (TPSA) is 41.1 Å². The molecule has 0 saturated carbocycles. The fourth-order valence-electron chi connectivity index (χ4n) is 1.24. The van der Waals surface area contributed by atoms with Gasteiger partial charge in [-0.3, -0.25) is 4.79 Å². The molecule has 0 aromatic heterocycles. The average molecular weight is 241 g/mol. The predicted octanol–water partition coefficient (Wildman–Crippen LogP) is 1.96. The normalized spacial score (nSPS) is 10.1. The van der Waals surface area contributed by atoms with Crippen LogP contribution in [0.4, 0.5) is 0 Å². The lowest BCUT2D eigenvalue weighted by molar-refractivity contribution is -0.120. The van der Waals surface area contributed by atoms with Crippen molar-refractivity contribution in [2.45, 2.75) is 19.9 Å². The molecule has 1 aromatic carbocycles. The molecule has 0 bridgehead atoms. The molecule has 0 atom stereocenters. The minimum absolute atomic E-state index is 0.0170. The average Bonchev–Trinajstić information content (AvgIpc) is 2.29. The number of benzene rings is 1. The Bertz CT molecular complexity index is 324. The van der Waals surface area contributed by atoms with Crippen LogP contribution < -0.4 is 10.6 Å². The fraction of sp³-hybridized carbons (Fsp3) is 0.417. The van der Waals surface area contributed by atoms with Crippen molar-refractivity contribution in [2.24, 2.45) is 0 Å². The molecule has 0 heterocycles. The summed E-state index contributed by atoms with van der Waals surface area (Å²) in [5.41, 5.74) is 1.05. The number of rotatable bonds is 6. The van der Waals surface area contributed by atoms with Gasteiger partial charge in [0.15, 0.2) is 0 Å². The highest BCUT2D eigenvalue weighted by atomic mass is 35.5. The number of carbonyl (C=O) groups is 1.